The van der Waals surface area contributed by atoms with Crippen molar-refractivity contribution in [1.82, 2.24) is 0 Å². The normalized spacial score (nSPS) is 8.40. The van der Waals surface area contributed by atoms with Crippen LogP contribution in [0.3, 0.4) is 0 Å². The van der Waals surface area contributed by atoms with Crippen LogP contribution in [-0.4, -0.2) is 5.78 Å². The van der Waals surface area contributed by atoms with Gasteiger partial charge in [0.05, 0.1) is 0 Å². The molecule has 0 fully saturated rings. The maximum Gasteiger partial charge on any atom is 2.00 e. The van der Waals surface area contributed by atoms with Gasteiger partial charge in [0.2, 0.25) is 0 Å². The Morgan fingerprint density at radius 3 is 1.60 bits per heavy atom. The fourth-order valence-corrected chi connectivity index (χ4v) is 1.26. The molecular formula is C12H11BrFeO. The molecule has 15 heavy (non-hydrogen) atoms. The van der Waals surface area contributed by atoms with Crippen LogP contribution in [0, 0.1) is 0 Å². The maximum absolute atomic E-state index is 10.5. The molecule has 0 N–H and O–H groups in total. The zero-order chi connectivity index (χ0) is 10.4. The number of Topliss-reactive ketones (excluding diaryl/α,β-unsaturated/α-hetero) is 1. The zero-order valence-electron chi connectivity index (χ0n) is 8.26. The number of halogens is 1. The van der Waals surface area contributed by atoms with Crippen molar-refractivity contribution < 1.29 is 21.9 Å². The van der Waals surface area contributed by atoms with E-state index in [9.17, 15) is 4.79 Å². The Morgan fingerprint density at radius 1 is 1.00 bits per heavy atom. The summed E-state index contributed by atoms with van der Waals surface area (Å²) < 4.78 is 1.16. The van der Waals surface area contributed by atoms with E-state index in [1.54, 1.807) is 6.92 Å². The predicted octanol–water partition coefficient (Wildman–Crippen LogP) is 3.77. The number of rotatable bonds is 1. The number of hydrogen-bond donors (Lipinski definition) is 0. The Bertz CT molecular complexity index is 362. The molecular weight excluding hydrogens is 296 g/mol. The smallest absolute Gasteiger partial charge is 0.309 e. The standard InChI is InChI=1S/C7H7O.C5H4Br.Fe/c1-6(8)7-4-2-3-5-7;6-5-3-1-2-4-5;/h2-5H,1H3;1-4H;/q2*-1;+2. The molecule has 0 bridgehead atoms. The van der Waals surface area contributed by atoms with Gasteiger partial charge in [0, 0.05) is 0 Å². The predicted molar refractivity (Wildman–Crippen MR) is 61.8 cm³/mol. The van der Waals surface area contributed by atoms with Crippen LogP contribution >= 0.6 is 15.9 Å². The van der Waals surface area contributed by atoms with Crippen molar-refractivity contribution in [2.75, 3.05) is 0 Å². The second-order valence-corrected chi connectivity index (χ2v) is 3.75. The van der Waals surface area contributed by atoms with Crippen LogP contribution in [0.25, 0.3) is 0 Å². The summed E-state index contributed by atoms with van der Waals surface area (Å²) in [6.07, 6.45) is 0. The van der Waals surface area contributed by atoms with Crippen molar-refractivity contribution in [3.8, 4) is 0 Å². The molecule has 1 nitrogen and oxygen atoms in total. The average molecular weight is 307 g/mol. The topological polar surface area (TPSA) is 17.1 Å². The van der Waals surface area contributed by atoms with Gasteiger partial charge in [-0.15, -0.1) is 15.9 Å². The summed E-state index contributed by atoms with van der Waals surface area (Å²) in [6.45, 7) is 1.56. The van der Waals surface area contributed by atoms with Crippen molar-refractivity contribution >= 4 is 21.7 Å². The van der Waals surface area contributed by atoms with Crippen molar-refractivity contribution in [3.05, 3.63) is 58.6 Å². The van der Waals surface area contributed by atoms with Gasteiger partial charge in [-0.25, -0.2) is 24.3 Å². The van der Waals surface area contributed by atoms with Gasteiger partial charge in [-0.1, -0.05) is 10.0 Å². The second-order valence-electron chi connectivity index (χ2n) is 2.83. The van der Waals surface area contributed by atoms with E-state index in [2.05, 4.69) is 15.9 Å². The van der Waals surface area contributed by atoms with Gasteiger partial charge < -0.3 is 4.79 Å². The molecule has 0 amide bonds. The van der Waals surface area contributed by atoms with E-state index < -0.39 is 0 Å². The third-order valence-electron chi connectivity index (χ3n) is 1.69. The number of carbonyl (C=O) groups is 1. The molecule has 0 radical (unpaired) electrons. The quantitative estimate of drug-likeness (QED) is 0.445. The largest absolute Gasteiger partial charge is 2.00 e. The molecule has 0 saturated carbocycles. The van der Waals surface area contributed by atoms with E-state index in [-0.39, 0.29) is 22.9 Å². The van der Waals surface area contributed by atoms with Crippen molar-refractivity contribution in [2.24, 2.45) is 0 Å². The summed E-state index contributed by atoms with van der Waals surface area (Å²) in [6, 6.07) is 15.3. The van der Waals surface area contributed by atoms with E-state index in [0.29, 0.717) is 0 Å². The molecule has 2 rings (SSSR count). The fourth-order valence-electron chi connectivity index (χ4n) is 0.959. The fraction of sp³-hybridized carbons (Fsp3) is 0.0833. The average Bonchev–Trinajstić information content (AvgIpc) is 2.75. The van der Waals surface area contributed by atoms with Crippen LogP contribution in [-0.2, 0) is 17.1 Å². The van der Waals surface area contributed by atoms with Crippen LogP contribution in [0.15, 0.2) is 53.0 Å². The van der Waals surface area contributed by atoms with Gasteiger partial charge in [-0.2, -0.15) is 24.3 Å². The Labute approximate surface area is 109 Å². The molecule has 0 unspecified atom stereocenters. The van der Waals surface area contributed by atoms with E-state index in [0.717, 1.165) is 10.0 Å². The monoisotopic (exact) mass is 306 g/mol. The van der Waals surface area contributed by atoms with Gasteiger partial charge in [-0.3, -0.25) is 0 Å². The number of hydrogen-bond acceptors (Lipinski definition) is 1. The molecule has 80 valence electrons. The molecule has 0 spiro atoms. The van der Waals surface area contributed by atoms with E-state index in [4.69, 9.17) is 0 Å². The van der Waals surface area contributed by atoms with Crippen molar-refractivity contribution in [1.29, 1.82) is 0 Å². The molecule has 0 aliphatic rings. The van der Waals surface area contributed by atoms with Crippen molar-refractivity contribution in [2.45, 2.75) is 6.92 Å². The molecule has 2 aromatic rings. The Balaban J connectivity index is 0.000000253. The second kappa shape index (κ2) is 7.63. The van der Waals surface area contributed by atoms with E-state index in [1.165, 1.54) is 0 Å². The third-order valence-corrected chi connectivity index (χ3v) is 2.22. The van der Waals surface area contributed by atoms with Crippen molar-refractivity contribution in [3.63, 3.8) is 0 Å². The first-order valence-electron chi connectivity index (χ1n) is 4.30. The minimum atomic E-state index is 0. The van der Waals surface area contributed by atoms with Gasteiger partial charge in [0.1, 0.15) is 5.78 Å². The van der Waals surface area contributed by atoms with Crippen LogP contribution in [0.1, 0.15) is 17.3 Å². The number of carbonyl (C=O) groups excluding carboxylic acids is 1. The summed E-state index contributed by atoms with van der Waals surface area (Å²) in [7, 11) is 0. The molecule has 0 saturated heterocycles. The van der Waals surface area contributed by atoms with Gasteiger partial charge in [0.25, 0.3) is 0 Å². The summed E-state index contributed by atoms with van der Waals surface area (Å²) in [4.78, 5) is 10.5. The Morgan fingerprint density at radius 2 is 1.40 bits per heavy atom. The molecule has 0 aromatic heterocycles. The summed E-state index contributed by atoms with van der Waals surface area (Å²) in [5.41, 5.74) is 0.796. The van der Waals surface area contributed by atoms with Crippen LogP contribution in [0.5, 0.6) is 0 Å². The van der Waals surface area contributed by atoms with E-state index in [1.807, 2.05) is 48.5 Å². The zero-order valence-corrected chi connectivity index (χ0v) is 10.9. The SMILES string of the molecule is Br[c-]1cccc1.CC(=O)[c-]1cccc1.[Fe+2]. The Hall–Kier alpha value is -0.631. The Kier molecular flexibility index (Phi) is 7.31. The van der Waals surface area contributed by atoms with Crippen LogP contribution in [0.2, 0.25) is 0 Å². The van der Waals surface area contributed by atoms with Gasteiger partial charge >= 0.3 is 17.1 Å². The van der Waals surface area contributed by atoms with Crippen LogP contribution in [0.4, 0.5) is 0 Å². The van der Waals surface area contributed by atoms with E-state index >= 15 is 0 Å². The summed E-state index contributed by atoms with van der Waals surface area (Å²) in [5.74, 6) is 0.134. The maximum atomic E-state index is 10.5. The molecule has 0 heterocycles. The molecule has 0 aliphatic carbocycles. The summed E-state index contributed by atoms with van der Waals surface area (Å²) >= 11 is 3.28. The molecule has 3 heteroatoms. The first kappa shape index (κ1) is 14.4. The first-order valence-corrected chi connectivity index (χ1v) is 5.09. The minimum absolute atomic E-state index is 0. The molecule has 2 aromatic carbocycles. The minimum Gasteiger partial charge on any atom is -0.309 e. The number of ketones is 1. The first-order chi connectivity index (χ1) is 6.70. The molecule has 0 aliphatic heterocycles. The van der Waals surface area contributed by atoms with Gasteiger partial charge in [-0.05, 0) is 6.92 Å². The van der Waals surface area contributed by atoms with Crippen LogP contribution < -0.4 is 0 Å². The third kappa shape index (κ3) is 5.73. The van der Waals surface area contributed by atoms with Gasteiger partial charge in [0.15, 0.2) is 0 Å². The summed E-state index contributed by atoms with van der Waals surface area (Å²) in [5, 5.41) is 0. The molecule has 0 atom stereocenters.